The quantitative estimate of drug-likeness (QED) is 0.331. The standard InChI is InChI=1S/C26H33NO5/c1-7-32-26(30)24-19(9-8-16(4)12-21(28)15(2)3)17(5)27-11-10-18-13-23(31-6)22(29)14-20(18)25(24)27/h8,13-14,28-29H,7,9-12H2,1-6H3/b16-8-. The fourth-order valence-corrected chi connectivity index (χ4v) is 4.24. The van der Waals surface area contributed by atoms with Crippen LogP contribution in [0.4, 0.5) is 0 Å². The number of aryl methyl sites for hydroxylation is 1. The first-order chi connectivity index (χ1) is 15.2. The fraction of sp³-hybridized carbons (Fsp3) is 0.423. The minimum absolute atomic E-state index is 0.0443. The number of hydrogen-bond acceptors (Lipinski definition) is 5. The van der Waals surface area contributed by atoms with E-state index in [4.69, 9.17) is 9.47 Å². The Morgan fingerprint density at radius 2 is 1.97 bits per heavy atom. The number of rotatable bonds is 7. The van der Waals surface area contributed by atoms with Crippen LogP contribution in [0.5, 0.6) is 11.5 Å². The molecule has 6 nitrogen and oxygen atoms in total. The maximum Gasteiger partial charge on any atom is 0.340 e. The van der Waals surface area contributed by atoms with Crippen LogP contribution in [0.2, 0.25) is 0 Å². The molecule has 1 aromatic carbocycles. The van der Waals surface area contributed by atoms with Crippen LogP contribution in [-0.2, 0) is 24.1 Å². The summed E-state index contributed by atoms with van der Waals surface area (Å²) in [6.07, 6.45) is 3.88. The maximum absolute atomic E-state index is 13.1. The van der Waals surface area contributed by atoms with Crippen LogP contribution in [0.1, 0.15) is 61.3 Å². The van der Waals surface area contributed by atoms with E-state index in [0.29, 0.717) is 29.9 Å². The second-order valence-corrected chi connectivity index (χ2v) is 8.47. The molecule has 0 fully saturated rings. The van der Waals surface area contributed by atoms with E-state index in [0.717, 1.165) is 52.2 Å². The normalized spacial score (nSPS) is 12.8. The SMILES string of the molecule is CCOC(=O)c1c(C/C=C(/C)CC(O)=C(C)C)c(C)n2c1-c1cc(O)c(OC)cc1CC2. The lowest BCUT2D eigenvalue weighted by molar-refractivity contribution is 0.0526. The number of aliphatic hydroxyl groups is 1. The number of aromatic hydroxyl groups is 1. The first kappa shape index (κ1) is 23.5. The van der Waals surface area contributed by atoms with Gasteiger partial charge < -0.3 is 24.3 Å². The van der Waals surface area contributed by atoms with E-state index in [-0.39, 0.29) is 18.3 Å². The van der Waals surface area contributed by atoms with Crippen molar-refractivity contribution in [3.05, 3.63) is 57.5 Å². The van der Waals surface area contributed by atoms with Crippen molar-refractivity contribution >= 4 is 5.97 Å². The van der Waals surface area contributed by atoms with Crippen LogP contribution in [0.15, 0.2) is 35.1 Å². The van der Waals surface area contributed by atoms with Crippen molar-refractivity contribution in [2.75, 3.05) is 13.7 Å². The lowest BCUT2D eigenvalue weighted by atomic mass is 9.94. The number of nitrogens with zero attached hydrogens (tertiary/aromatic N) is 1. The van der Waals surface area contributed by atoms with Gasteiger partial charge >= 0.3 is 5.97 Å². The summed E-state index contributed by atoms with van der Waals surface area (Å²) in [6, 6.07) is 3.52. The number of methoxy groups -OCH3 is 1. The van der Waals surface area contributed by atoms with Gasteiger partial charge in [0.05, 0.1) is 30.7 Å². The summed E-state index contributed by atoms with van der Waals surface area (Å²) < 4.78 is 12.9. The lowest BCUT2D eigenvalue weighted by Gasteiger charge is -2.22. The molecule has 0 saturated heterocycles. The number of ether oxygens (including phenoxy) is 2. The van der Waals surface area contributed by atoms with Gasteiger partial charge in [0.2, 0.25) is 0 Å². The molecule has 1 aliphatic rings. The molecule has 0 saturated carbocycles. The average Bonchev–Trinajstić information content (AvgIpc) is 3.04. The molecule has 0 aliphatic carbocycles. The number of hydrogen-bond donors (Lipinski definition) is 2. The highest BCUT2D eigenvalue weighted by atomic mass is 16.5. The van der Waals surface area contributed by atoms with E-state index in [9.17, 15) is 15.0 Å². The molecule has 0 bridgehead atoms. The third-order valence-corrected chi connectivity index (χ3v) is 6.07. The number of phenols is 1. The van der Waals surface area contributed by atoms with Gasteiger partial charge in [-0.15, -0.1) is 0 Å². The molecule has 3 rings (SSSR count). The van der Waals surface area contributed by atoms with Crippen LogP contribution in [-0.4, -0.2) is 34.5 Å². The van der Waals surface area contributed by atoms with Crippen molar-refractivity contribution in [2.24, 2.45) is 0 Å². The summed E-state index contributed by atoms with van der Waals surface area (Å²) in [5.74, 6) is 0.482. The van der Waals surface area contributed by atoms with E-state index in [1.165, 1.54) is 7.11 Å². The zero-order valence-electron chi connectivity index (χ0n) is 19.8. The number of fused-ring (bicyclic) bond motifs is 3. The van der Waals surface area contributed by atoms with Crippen LogP contribution in [0, 0.1) is 6.92 Å². The molecule has 172 valence electrons. The Hall–Kier alpha value is -3.15. The molecule has 2 N–H and O–H groups in total. The minimum atomic E-state index is -0.360. The maximum atomic E-state index is 13.1. The van der Waals surface area contributed by atoms with Crippen LogP contribution in [0.3, 0.4) is 0 Å². The summed E-state index contributed by atoms with van der Waals surface area (Å²) in [5, 5.41) is 20.5. The second kappa shape index (κ2) is 9.55. The number of aliphatic hydroxyl groups excluding tert-OH is 1. The van der Waals surface area contributed by atoms with Gasteiger partial charge in [0.25, 0.3) is 0 Å². The Balaban J connectivity index is 2.14. The minimum Gasteiger partial charge on any atom is -0.512 e. The zero-order chi connectivity index (χ0) is 23.6. The highest BCUT2D eigenvalue weighted by Crippen LogP contribution is 2.42. The lowest BCUT2D eigenvalue weighted by Crippen LogP contribution is -2.14. The molecular weight excluding hydrogens is 406 g/mol. The highest BCUT2D eigenvalue weighted by Gasteiger charge is 2.31. The monoisotopic (exact) mass is 439 g/mol. The first-order valence-electron chi connectivity index (χ1n) is 11.0. The Morgan fingerprint density at radius 3 is 2.59 bits per heavy atom. The van der Waals surface area contributed by atoms with Gasteiger partial charge in [-0.05, 0) is 76.3 Å². The summed E-state index contributed by atoms with van der Waals surface area (Å²) in [7, 11) is 1.53. The van der Waals surface area contributed by atoms with Gasteiger partial charge in [-0.3, -0.25) is 0 Å². The van der Waals surface area contributed by atoms with Crippen molar-refractivity contribution in [1.82, 2.24) is 4.57 Å². The molecule has 0 unspecified atom stereocenters. The molecule has 6 heteroatoms. The molecule has 32 heavy (non-hydrogen) atoms. The third-order valence-electron chi connectivity index (χ3n) is 6.07. The van der Waals surface area contributed by atoms with Crippen molar-refractivity contribution in [2.45, 2.75) is 60.4 Å². The molecule has 1 aromatic heterocycles. The first-order valence-corrected chi connectivity index (χ1v) is 11.0. The predicted molar refractivity (Wildman–Crippen MR) is 126 cm³/mol. The van der Waals surface area contributed by atoms with E-state index >= 15 is 0 Å². The van der Waals surface area contributed by atoms with Gasteiger partial charge in [0.15, 0.2) is 11.5 Å². The number of allylic oxidation sites excluding steroid dienone is 3. The summed E-state index contributed by atoms with van der Waals surface area (Å²) in [4.78, 5) is 13.1. The average molecular weight is 440 g/mol. The highest BCUT2D eigenvalue weighted by molar-refractivity contribution is 6.00. The zero-order valence-corrected chi connectivity index (χ0v) is 19.8. The molecule has 0 radical (unpaired) electrons. The molecule has 0 atom stereocenters. The summed E-state index contributed by atoms with van der Waals surface area (Å²) in [6.45, 7) is 10.6. The number of carbonyl (C=O) groups is 1. The Labute approximate surface area is 189 Å². The van der Waals surface area contributed by atoms with Crippen LogP contribution in [0.25, 0.3) is 11.3 Å². The van der Waals surface area contributed by atoms with Gasteiger partial charge in [-0.2, -0.15) is 0 Å². The van der Waals surface area contributed by atoms with Gasteiger partial charge in [0, 0.05) is 24.2 Å². The molecule has 2 aromatic rings. The largest absolute Gasteiger partial charge is 0.512 e. The second-order valence-electron chi connectivity index (χ2n) is 8.47. The number of esters is 1. The fourth-order valence-electron chi connectivity index (χ4n) is 4.24. The van der Waals surface area contributed by atoms with Crippen molar-refractivity contribution < 1.29 is 24.5 Å². The van der Waals surface area contributed by atoms with Gasteiger partial charge in [-0.25, -0.2) is 4.79 Å². The number of phenolic OH excluding ortho intramolecular Hbond substituents is 1. The van der Waals surface area contributed by atoms with Gasteiger partial charge in [0.1, 0.15) is 0 Å². The predicted octanol–water partition coefficient (Wildman–Crippen LogP) is 5.64. The van der Waals surface area contributed by atoms with Crippen molar-refractivity contribution in [1.29, 1.82) is 0 Å². The summed E-state index contributed by atoms with van der Waals surface area (Å²) in [5.41, 5.74) is 7.05. The smallest absolute Gasteiger partial charge is 0.340 e. The van der Waals surface area contributed by atoms with E-state index in [1.807, 2.05) is 33.8 Å². The van der Waals surface area contributed by atoms with E-state index < -0.39 is 0 Å². The van der Waals surface area contributed by atoms with Crippen molar-refractivity contribution in [3.8, 4) is 22.8 Å². The Kier molecular flexibility index (Phi) is 7.02. The molecule has 0 amide bonds. The Bertz CT molecular complexity index is 1100. The topological polar surface area (TPSA) is 80.9 Å². The van der Waals surface area contributed by atoms with Crippen LogP contribution >= 0.6 is 0 Å². The molecular formula is C26H33NO5. The molecule has 0 spiro atoms. The van der Waals surface area contributed by atoms with Crippen LogP contribution < -0.4 is 4.74 Å². The third kappa shape index (κ3) is 4.40. The van der Waals surface area contributed by atoms with E-state index in [2.05, 4.69) is 10.6 Å². The number of benzene rings is 1. The van der Waals surface area contributed by atoms with E-state index in [1.54, 1.807) is 13.0 Å². The molecule has 1 aliphatic heterocycles. The molecule has 2 heterocycles. The number of aromatic nitrogens is 1. The van der Waals surface area contributed by atoms with Gasteiger partial charge in [-0.1, -0.05) is 11.6 Å². The summed E-state index contributed by atoms with van der Waals surface area (Å²) >= 11 is 0. The number of carbonyl (C=O) groups excluding carboxylic acids is 1. The Morgan fingerprint density at radius 1 is 1.25 bits per heavy atom. The van der Waals surface area contributed by atoms with Crippen molar-refractivity contribution in [3.63, 3.8) is 0 Å².